The lowest BCUT2D eigenvalue weighted by Gasteiger charge is -2.18. The van der Waals surface area contributed by atoms with Crippen LogP contribution in [0.4, 0.5) is 5.82 Å². The molecule has 0 bridgehead atoms. The number of fused-ring (bicyclic) bond motifs is 1. The molecule has 0 radical (unpaired) electrons. The highest BCUT2D eigenvalue weighted by atomic mass is 16.5. The van der Waals surface area contributed by atoms with Crippen molar-refractivity contribution in [1.29, 1.82) is 0 Å². The van der Waals surface area contributed by atoms with Crippen molar-refractivity contribution in [2.24, 2.45) is 0 Å². The van der Waals surface area contributed by atoms with Gasteiger partial charge in [-0.2, -0.15) is 14.6 Å². The van der Waals surface area contributed by atoms with Gasteiger partial charge in [-0.15, -0.1) is 0 Å². The zero-order valence-corrected chi connectivity index (χ0v) is 12.4. The molecule has 21 heavy (non-hydrogen) atoms. The van der Waals surface area contributed by atoms with Gasteiger partial charge < -0.3 is 9.42 Å². The van der Waals surface area contributed by atoms with Gasteiger partial charge in [-0.25, -0.2) is 4.98 Å². The minimum atomic E-state index is 0.561. The van der Waals surface area contributed by atoms with Gasteiger partial charge in [0.15, 0.2) is 11.5 Å². The van der Waals surface area contributed by atoms with Crippen molar-refractivity contribution >= 4 is 11.5 Å². The third kappa shape index (κ3) is 2.58. The fourth-order valence-corrected chi connectivity index (χ4v) is 2.19. The Hall–Kier alpha value is -2.44. The van der Waals surface area contributed by atoms with Crippen LogP contribution in [0.3, 0.4) is 0 Å². The van der Waals surface area contributed by atoms with Crippen LogP contribution >= 0.6 is 0 Å². The molecule has 0 aliphatic heterocycles. The van der Waals surface area contributed by atoms with Crippen molar-refractivity contribution in [2.75, 3.05) is 11.9 Å². The van der Waals surface area contributed by atoms with Crippen molar-refractivity contribution in [3.05, 3.63) is 35.7 Å². The molecule has 0 atom stereocenters. The molecule has 0 spiro atoms. The highest BCUT2D eigenvalue weighted by Gasteiger charge is 2.13. The van der Waals surface area contributed by atoms with Gasteiger partial charge in [0.05, 0.1) is 12.7 Å². The Labute approximate surface area is 122 Å². The predicted octanol–water partition coefficient (Wildman–Crippen LogP) is 1.87. The standard InChI is InChI=1S/C14H18N6O/c1-4-10-8-14(20-12(16-10)6-7-15-20)19(3)9-11-17-13(5-2)21-18-11/h6-8H,4-5,9H2,1-3H3. The number of hydrogen-bond donors (Lipinski definition) is 0. The van der Waals surface area contributed by atoms with Gasteiger partial charge in [-0.05, 0) is 6.42 Å². The zero-order chi connectivity index (χ0) is 14.8. The van der Waals surface area contributed by atoms with E-state index >= 15 is 0 Å². The Kier molecular flexibility index (Phi) is 3.55. The molecule has 3 aromatic rings. The van der Waals surface area contributed by atoms with Crippen LogP contribution in [0.1, 0.15) is 31.3 Å². The molecule has 3 aromatic heterocycles. The van der Waals surface area contributed by atoms with Crippen LogP contribution in [-0.4, -0.2) is 31.8 Å². The SMILES string of the molecule is CCc1cc(N(C)Cc2noc(CC)n2)n2nccc2n1. The van der Waals surface area contributed by atoms with Gasteiger partial charge in [-0.3, -0.25) is 0 Å². The zero-order valence-electron chi connectivity index (χ0n) is 12.4. The molecule has 0 aliphatic carbocycles. The van der Waals surface area contributed by atoms with Crippen molar-refractivity contribution in [2.45, 2.75) is 33.2 Å². The number of anilines is 1. The minimum absolute atomic E-state index is 0.561. The minimum Gasteiger partial charge on any atom is -0.352 e. The lowest BCUT2D eigenvalue weighted by molar-refractivity contribution is 0.376. The Morgan fingerprint density at radius 1 is 1.24 bits per heavy atom. The van der Waals surface area contributed by atoms with Crippen LogP contribution in [0, 0.1) is 0 Å². The van der Waals surface area contributed by atoms with Gasteiger partial charge in [0.1, 0.15) is 5.82 Å². The normalized spacial score (nSPS) is 11.2. The van der Waals surface area contributed by atoms with Crippen LogP contribution in [0.2, 0.25) is 0 Å². The first kappa shape index (κ1) is 13.5. The third-order valence-corrected chi connectivity index (χ3v) is 3.34. The summed E-state index contributed by atoms with van der Waals surface area (Å²) in [5, 5.41) is 8.32. The number of rotatable bonds is 5. The third-order valence-electron chi connectivity index (χ3n) is 3.34. The molecule has 0 fully saturated rings. The summed E-state index contributed by atoms with van der Waals surface area (Å²) in [5.41, 5.74) is 1.88. The molecule has 0 amide bonds. The summed E-state index contributed by atoms with van der Waals surface area (Å²) < 4.78 is 6.96. The fourth-order valence-electron chi connectivity index (χ4n) is 2.19. The second kappa shape index (κ2) is 5.51. The Morgan fingerprint density at radius 2 is 2.10 bits per heavy atom. The summed E-state index contributed by atoms with van der Waals surface area (Å²) in [6.07, 6.45) is 3.38. The molecule has 110 valence electrons. The van der Waals surface area contributed by atoms with Gasteiger partial charge in [-0.1, -0.05) is 19.0 Å². The van der Waals surface area contributed by atoms with Crippen molar-refractivity contribution in [3.63, 3.8) is 0 Å². The van der Waals surface area contributed by atoms with E-state index in [1.807, 2.05) is 35.5 Å². The summed E-state index contributed by atoms with van der Waals surface area (Å²) in [6, 6.07) is 3.95. The fraction of sp³-hybridized carbons (Fsp3) is 0.429. The first-order valence-electron chi connectivity index (χ1n) is 7.07. The molecular weight excluding hydrogens is 268 g/mol. The maximum Gasteiger partial charge on any atom is 0.226 e. The van der Waals surface area contributed by atoms with E-state index in [0.717, 1.165) is 30.0 Å². The molecule has 0 saturated carbocycles. The molecule has 3 heterocycles. The van der Waals surface area contributed by atoms with Gasteiger partial charge in [0, 0.05) is 31.3 Å². The van der Waals surface area contributed by atoms with Crippen LogP contribution in [0.5, 0.6) is 0 Å². The van der Waals surface area contributed by atoms with E-state index in [-0.39, 0.29) is 0 Å². The summed E-state index contributed by atoms with van der Waals surface area (Å²) in [6.45, 7) is 4.64. The van der Waals surface area contributed by atoms with E-state index in [2.05, 4.69) is 27.1 Å². The second-order valence-corrected chi connectivity index (χ2v) is 4.87. The largest absolute Gasteiger partial charge is 0.352 e. The first-order valence-corrected chi connectivity index (χ1v) is 7.07. The van der Waals surface area contributed by atoms with Gasteiger partial charge >= 0.3 is 0 Å². The Bertz CT molecular complexity index is 747. The van der Waals surface area contributed by atoms with Crippen LogP contribution < -0.4 is 4.90 Å². The van der Waals surface area contributed by atoms with Crippen molar-refractivity contribution in [1.82, 2.24) is 24.7 Å². The molecule has 0 saturated heterocycles. The van der Waals surface area contributed by atoms with E-state index in [1.165, 1.54) is 0 Å². The lowest BCUT2D eigenvalue weighted by atomic mass is 10.3. The van der Waals surface area contributed by atoms with E-state index in [4.69, 9.17) is 4.52 Å². The topological polar surface area (TPSA) is 72.4 Å². The Balaban J connectivity index is 1.92. The van der Waals surface area contributed by atoms with Crippen molar-refractivity contribution < 1.29 is 4.52 Å². The summed E-state index contributed by atoms with van der Waals surface area (Å²) in [4.78, 5) is 10.9. The second-order valence-electron chi connectivity index (χ2n) is 4.87. The van der Waals surface area contributed by atoms with Crippen LogP contribution in [-0.2, 0) is 19.4 Å². The summed E-state index contributed by atoms with van der Waals surface area (Å²) >= 11 is 0. The highest BCUT2D eigenvalue weighted by molar-refractivity contribution is 5.50. The smallest absolute Gasteiger partial charge is 0.226 e. The molecule has 3 rings (SSSR count). The van der Waals surface area contributed by atoms with Gasteiger partial charge in [0.25, 0.3) is 0 Å². The quantitative estimate of drug-likeness (QED) is 0.713. The van der Waals surface area contributed by atoms with Gasteiger partial charge in [0.2, 0.25) is 5.89 Å². The van der Waals surface area contributed by atoms with E-state index in [1.54, 1.807) is 6.20 Å². The van der Waals surface area contributed by atoms with Crippen LogP contribution in [0.15, 0.2) is 22.9 Å². The maximum atomic E-state index is 5.15. The molecule has 0 N–H and O–H groups in total. The number of nitrogens with zero attached hydrogens (tertiary/aromatic N) is 6. The molecule has 0 unspecified atom stereocenters. The monoisotopic (exact) mass is 286 g/mol. The molecule has 7 nitrogen and oxygen atoms in total. The van der Waals surface area contributed by atoms with E-state index in [9.17, 15) is 0 Å². The maximum absolute atomic E-state index is 5.15. The Morgan fingerprint density at radius 3 is 2.81 bits per heavy atom. The molecule has 0 aliphatic rings. The summed E-state index contributed by atoms with van der Waals surface area (Å²) in [7, 11) is 1.98. The number of aromatic nitrogens is 5. The predicted molar refractivity (Wildman–Crippen MR) is 78.1 cm³/mol. The highest BCUT2D eigenvalue weighted by Crippen LogP contribution is 2.18. The van der Waals surface area contributed by atoms with E-state index in [0.29, 0.717) is 18.3 Å². The lowest BCUT2D eigenvalue weighted by Crippen LogP contribution is -2.21. The average molecular weight is 286 g/mol. The van der Waals surface area contributed by atoms with E-state index < -0.39 is 0 Å². The number of hydrogen-bond acceptors (Lipinski definition) is 6. The average Bonchev–Trinajstić information content (AvgIpc) is 3.14. The van der Waals surface area contributed by atoms with Crippen molar-refractivity contribution in [3.8, 4) is 0 Å². The number of aryl methyl sites for hydroxylation is 2. The molecule has 7 heteroatoms. The van der Waals surface area contributed by atoms with Crippen LogP contribution in [0.25, 0.3) is 5.65 Å². The molecule has 0 aromatic carbocycles. The summed E-state index contributed by atoms with van der Waals surface area (Å²) in [5.74, 6) is 2.29. The molecular formula is C14H18N6O. The first-order chi connectivity index (χ1) is 10.2.